The van der Waals surface area contributed by atoms with E-state index in [-0.39, 0.29) is 6.10 Å². The smallest absolute Gasteiger partial charge is 0.0639 e. The van der Waals surface area contributed by atoms with E-state index >= 15 is 0 Å². The van der Waals surface area contributed by atoms with E-state index in [1.54, 1.807) is 0 Å². The minimum atomic E-state index is -0.180. The lowest BCUT2D eigenvalue weighted by atomic mass is 9.67. The van der Waals surface area contributed by atoms with Crippen LogP contribution < -0.4 is 0 Å². The Labute approximate surface area is 87.3 Å². The second kappa shape index (κ2) is 4.19. The maximum absolute atomic E-state index is 9.38. The van der Waals surface area contributed by atoms with Gasteiger partial charge in [0.2, 0.25) is 0 Å². The Hall–Kier alpha value is -0.0800. The van der Waals surface area contributed by atoms with Gasteiger partial charge in [0.1, 0.15) is 0 Å². The van der Waals surface area contributed by atoms with E-state index in [0.29, 0.717) is 0 Å². The monoisotopic (exact) mass is 197 g/mol. The molecule has 0 saturated heterocycles. The Morgan fingerprint density at radius 1 is 1.29 bits per heavy atom. The molecular weight excluding hydrogens is 174 g/mol. The highest BCUT2D eigenvalue weighted by molar-refractivity contribution is 4.91. The van der Waals surface area contributed by atoms with Crippen LogP contribution in [0, 0.1) is 11.8 Å². The topological polar surface area (TPSA) is 23.5 Å². The Morgan fingerprint density at radius 2 is 1.93 bits per heavy atom. The van der Waals surface area contributed by atoms with Crippen molar-refractivity contribution in [2.45, 2.75) is 51.2 Å². The summed E-state index contributed by atoms with van der Waals surface area (Å²) in [6, 6.07) is 0.761. The minimum Gasteiger partial charge on any atom is -0.392 e. The average Bonchev–Trinajstić information content (AvgIpc) is 2.18. The highest BCUT2D eigenvalue weighted by Crippen LogP contribution is 2.43. The molecule has 2 nitrogen and oxygen atoms in total. The zero-order valence-corrected chi connectivity index (χ0v) is 9.45. The highest BCUT2D eigenvalue weighted by Gasteiger charge is 2.37. The van der Waals surface area contributed by atoms with Gasteiger partial charge < -0.3 is 10.0 Å². The summed E-state index contributed by atoms with van der Waals surface area (Å²) >= 11 is 0. The Balaban J connectivity index is 1.91. The maximum Gasteiger partial charge on any atom is 0.0639 e. The molecule has 0 amide bonds. The molecule has 3 fully saturated rings. The van der Waals surface area contributed by atoms with Crippen molar-refractivity contribution in [1.82, 2.24) is 4.90 Å². The fraction of sp³-hybridized carbons (Fsp3) is 1.00. The van der Waals surface area contributed by atoms with Gasteiger partial charge in [0.25, 0.3) is 0 Å². The third-order valence-corrected chi connectivity index (χ3v) is 4.13. The summed E-state index contributed by atoms with van der Waals surface area (Å²) in [5.74, 6) is 1.91. The molecule has 3 rings (SSSR count). The zero-order chi connectivity index (χ0) is 10.1. The quantitative estimate of drug-likeness (QED) is 0.746. The zero-order valence-electron chi connectivity index (χ0n) is 9.45. The van der Waals surface area contributed by atoms with Crippen LogP contribution in [0.4, 0.5) is 0 Å². The predicted octanol–water partition coefficient (Wildman–Crippen LogP) is 1.88. The van der Waals surface area contributed by atoms with Crippen LogP contribution in [0.25, 0.3) is 0 Å². The first-order valence-corrected chi connectivity index (χ1v) is 6.05. The van der Waals surface area contributed by atoms with Crippen LogP contribution in [-0.4, -0.2) is 35.7 Å². The average molecular weight is 197 g/mol. The van der Waals surface area contributed by atoms with Crippen molar-refractivity contribution in [2.75, 3.05) is 13.6 Å². The van der Waals surface area contributed by atoms with Crippen LogP contribution in [0.2, 0.25) is 0 Å². The summed E-state index contributed by atoms with van der Waals surface area (Å²) < 4.78 is 0. The van der Waals surface area contributed by atoms with E-state index in [1.807, 2.05) is 6.92 Å². The van der Waals surface area contributed by atoms with Gasteiger partial charge in [-0.1, -0.05) is 12.8 Å². The maximum atomic E-state index is 9.38. The van der Waals surface area contributed by atoms with Gasteiger partial charge >= 0.3 is 0 Å². The SMILES string of the molecule is CC(O)CN(C)C1CC2CCC1CC2. The number of likely N-dealkylation sites (N-methyl/N-ethyl adjacent to an activating group) is 1. The number of hydrogen-bond acceptors (Lipinski definition) is 2. The summed E-state index contributed by atoms with van der Waals surface area (Å²) in [6.07, 6.45) is 6.99. The molecule has 0 aromatic carbocycles. The van der Waals surface area contributed by atoms with Crippen molar-refractivity contribution < 1.29 is 5.11 Å². The van der Waals surface area contributed by atoms with Crippen LogP contribution >= 0.6 is 0 Å². The van der Waals surface area contributed by atoms with Crippen molar-refractivity contribution >= 4 is 0 Å². The van der Waals surface area contributed by atoms with Crippen molar-refractivity contribution in [2.24, 2.45) is 11.8 Å². The lowest BCUT2D eigenvalue weighted by Crippen LogP contribution is -2.47. The molecule has 3 saturated carbocycles. The molecule has 0 aliphatic heterocycles. The number of hydrogen-bond donors (Lipinski definition) is 1. The second-order valence-electron chi connectivity index (χ2n) is 5.37. The molecule has 2 atom stereocenters. The lowest BCUT2D eigenvalue weighted by Gasteiger charge is -2.46. The van der Waals surface area contributed by atoms with Crippen molar-refractivity contribution in [3.05, 3.63) is 0 Å². The fourth-order valence-electron chi connectivity index (χ4n) is 3.43. The molecular formula is C12H23NO. The Morgan fingerprint density at radius 3 is 2.36 bits per heavy atom. The molecule has 0 spiro atoms. The molecule has 0 radical (unpaired) electrons. The van der Waals surface area contributed by atoms with Gasteiger partial charge in [-0.3, -0.25) is 0 Å². The first-order chi connectivity index (χ1) is 6.66. The molecule has 14 heavy (non-hydrogen) atoms. The van der Waals surface area contributed by atoms with E-state index in [2.05, 4.69) is 11.9 Å². The number of aliphatic hydroxyl groups is 1. The predicted molar refractivity (Wildman–Crippen MR) is 58.2 cm³/mol. The van der Waals surface area contributed by atoms with Gasteiger partial charge in [0, 0.05) is 12.6 Å². The molecule has 0 aromatic rings. The van der Waals surface area contributed by atoms with E-state index in [9.17, 15) is 5.11 Å². The van der Waals surface area contributed by atoms with E-state index in [1.165, 1.54) is 32.1 Å². The number of fused-ring (bicyclic) bond motifs is 3. The molecule has 2 bridgehead atoms. The van der Waals surface area contributed by atoms with Gasteiger partial charge in [-0.15, -0.1) is 0 Å². The summed E-state index contributed by atoms with van der Waals surface area (Å²) in [5.41, 5.74) is 0. The van der Waals surface area contributed by atoms with Crippen LogP contribution in [0.1, 0.15) is 39.0 Å². The molecule has 82 valence electrons. The minimum absolute atomic E-state index is 0.180. The van der Waals surface area contributed by atoms with Crippen LogP contribution in [0.3, 0.4) is 0 Å². The van der Waals surface area contributed by atoms with Crippen LogP contribution in [0.5, 0.6) is 0 Å². The van der Waals surface area contributed by atoms with Crippen molar-refractivity contribution in [3.8, 4) is 0 Å². The van der Waals surface area contributed by atoms with Gasteiger partial charge in [0.15, 0.2) is 0 Å². The highest BCUT2D eigenvalue weighted by atomic mass is 16.3. The first-order valence-electron chi connectivity index (χ1n) is 6.05. The van der Waals surface area contributed by atoms with Gasteiger partial charge in [-0.25, -0.2) is 0 Å². The Bertz CT molecular complexity index is 185. The number of aliphatic hydroxyl groups excluding tert-OH is 1. The Kier molecular flexibility index (Phi) is 3.13. The normalized spacial score (nSPS) is 39.0. The van der Waals surface area contributed by atoms with Gasteiger partial charge in [-0.05, 0) is 45.1 Å². The van der Waals surface area contributed by atoms with Crippen LogP contribution in [0.15, 0.2) is 0 Å². The molecule has 3 aliphatic carbocycles. The second-order valence-corrected chi connectivity index (χ2v) is 5.37. The third-order valence-electron chi connectivity index (χ3n) is 4.13. The number of rotatable bonds is 3. The van der Waals surface area contributed by atoms with Gasteiger partial charge in [0.05, 0.1) is 6.10 Å². The first kappa shape index (κ1) is 10.4. The van der Waals surface area contributed by atoms with E-state index in [0.717, 1.165) is 24.4 Å². The molecule has 0 heterocycles. The molecule has 3 aliphatic rings. The van der Waals surface area contributed by atoms with Crippen molar-refractivity contribution in [3.63, 3.8) is 0 Å². The van der Waals surface area contributed by atoms with Gasteiger partial charge in [-0.2, -0.15) is 0 Å². The van der Waals surface area contributed by atoms with E-state index in [4.69, 9.17) is 0 Å². The summed E-state index contributed by atoms with van der Waals surface area (Å²) in [7, 11) is 2.18. The van der Waals surface area contributed by atoms with Crippen LogP contribution in [-0.2, 0) is 0 Å². The standard InChI is InChI=1S/C12H23NO/c1-9(14)8-13(2)12-7-10-3-5-11(12)6-4-10/h9-12,14H,3-8H2,1-2H3. The molecule has 0 aromatic heterocycles. The summed E-state index contributed by atoms with van der Waals surface area (Å²) in [4.78, 5) is 2.39. The fourth-order valence-corrected chi connectivity index (χ4v) is 3.43. The largest absolute Gasteiger partial charge is 0.392 e. The summed E-state index contributed by atoms with van der Waals surface area (Å²) in [5, 5.41) is 9.38. The lowest BCUT2D eigenvalue weighted by molar-refractivity contribution is 0.0256. The van der Waals surface area contributed by atoms with E-state index < -0.39 is 0 Å². The molecule has 2 heteroatoms. The molecule has 2 unspecified atom stereocenters. The summed E-state index contributed by atoms with van der Waals surface area (Å²) in [6.45, 7) is 2.73. The number of nitrogens with zero attached hydrogens (tertiary/aromatic N) is 1. The molecule has 1 N–H and O–H groups in total. The third kappa shape index (κ3) is 2.12. The van der Waals surface area contributed by atoms with Crippen molar-refractivity contribution in [1.29, 1.82) is 0 Å².